The zero-order valence-electron chi connectivity index (χ0n) is 17.4. The maximum atomic E-state index is 13.2. The highest BCUT2D eigenvalue weighted by molar-refractivity contribution is 7.98. The molecular formula is C24H22FN5OS. The van der Waals surface area contributed by atoms with E-state index in [9.17, 15) is 9.18 Å². The van der Waals surface area contributed by atoms with E-state index in [4.69, 9.17) is 5.73 Å². The highest BCUT2D eigenvalue weighted by Crippen LogP contribution is 2.27. The molecular weight excluding hydrogens is 425 g/mol. The van der Waals surface area contributed by atoms with Gasteiger partial charge in [0.1, 0.15) is 5.82 Å². The molecule has 0 aliphatic rings. The smallest absolute Gasteiger partial charge is 0.255 e. The second kappa shape index (κ2) is 9.57. The first-order valence-corrected chi connectivity index (χ1v) is 10.9. The van der Waals surface area contributed by atoms with Crippen molar-refractivity contribution < 1.29 is 9.18 Å². The average Bonchev–Trinajstić information content (AvgIpc) is 3.19. The van der Waals surface area contributed by atoms with Crippen LogP contribution in [-0.4, -0.2) is 16.1 Å². The Bertz CT molecular complexity index is 1240. The minimum Gasteiger partial charge on any atom is -0.397 e. The summed E-state index contributed by atoms with van der Waals surface area (Å²) in [4.78, 5) is 13.6. The minimum atomic E-state index is -0.445. The van der Waals surface area contributed by atoms with Crippen molar-refractivity contribution in [2.24, 2.45) is 0 Å². The summed E-state index contributed by atoms with van der Waals surface area (Å²) in [6, 6.07) is 21.3. The number of nitrogens with one attached hydrogen (secondary N) is 3. The van der Waals surface area contributed by atoms with Crippen LogP contribution in [0, 0.1) is 12.7 Å². The third-order valence-corrected chi connectivity index (χ3v) is 5.76. The molecule has 0 radical (unpaired) electrons. The Morgan fingerprint density at radius 3 is 2.62 bits per heavy atom. The lowest BCUT2D eigenvalue weighted by Gasteiger charge is -2.09. The number of amides is 1. The molecule has 0 saturated carbocycles. The van der Waals surface area contributed by atoms with E-state index in [0.717, 1.165) is 33.4 Å². The first-order valence-electron chi connectivity index (χ1n) is 9.93. The number of nitrogens with zero attached hydrogens (tertiary/aromatic N) is 1. The van der Waals surface area contributed by atoms with E-state index in [-0.39, 0.29) is 11.6 Å². The Labute approximate surface area is 189 Å². The summed E-state index contributed by atoms with van der Waals surface area (Å²) in [5.74, 6) is 0.799. The molecule has 1 heterocycles. The molecule has 6 nitrogen and oxygen atoms in total. The van der Waals surface area contributed by atoms with E-state index < -0.39 is 5.82 Å². The summed E-state index contributed by atoms with van der Waals surface area (Å²) in [6.07, 6.45) is 0. The number of nitrogen functional groups attached to an aromatic ring is 1. The van der Waals surface area contributed by atoms with Gasteiger partial charge in [-0.3, -0.25) is 9.89 Å². The van der Waals surface area contributed by atoms with Crippen LogP contribution in [0.4, 0.5) is 27.3 Å². The Morgan fingerprint density at radius 2 is 1.91 bits per heavy atom. The van der Waals surface area contributed by atoms with Gasteiger partial charge in [-0.1, -0.05) is 18.2 Å². The van der Waals surface area contributed by atoms with Crippen LogP contribution < -0.4 is 16.4 Å². The zero-order valence-corrected chi connectivity index (χ0v) is 18.2. The molecule has 0 atom stereocenters. The number of carbonyl (C=O) groups excluding carboxylic acids is 1. The normalized spacial score (nSPS) is 10.7. The molecule has 0 aliphatic heterocycles. The number of nitrogens with two attached hydrogens (primary N) is 1. The summed E-state index contributed by atoms with van der Waals surface area (Å²) in [6.45, 7) is 1.96. The van der Waals surface area contributed by atoms with E-state index in [1.807, 2.05) is 37.3 Å². The lowest BCUT2D eigenvalue weighted by atomic mass is 10.1. The maximum absolute atomic E-state index is 13.2. The topological polar surface area (TPSA) is 95.8 Å². The second-order valence-corrected chi connectivity index (χ2v) is 8.31. The van der Waals surface area contributed by atoms with Crippen molar-refractivity contribution >= 4 is 40.5 Å². The summed E-state index contributed by atoms with van der Waals surface area (Å²) >= 11 is 1.70. The molecule has 0 fully saturated rings. The standard InChI is InChI=1S/C24H22FN5OS/c1-15-11-23(30-29-15)27-19-3-2-4-20(13-19)32-14-16-5-7-17(8-6-16)24(31)28-22-10-9-18(25)12-21(22)26/h2-13H,14,26H2,1H3,(H,28,31)(H2,27,29,30). The average molecular weight is 448 g/mol. The van der Waals surface area contributed by atoms with Crippen molar-refractivity contribution in [2.45, 2.75) is 17.6 Å². The first-order chi connectivity index (χ1) is 15.5. The van der Waals surface area contributed by atoms with E-state index in [1.54, 1.807) is 23.9 Å². The fourth-order valence-corrected chi connectivity index (χ4v) is 3.97. The number of halogens is 1. The molecule has 162 valence electrons. The van der Waals surface area contributed by atoms with Crippen LogP contribution in [0.1, 0.15) is 21.6 Å². The van der Waals surface area contributed by atoms with Crippen LogP contribution in [0.5, 0.6) is 0 Å². The van der Waals surface area contributed by atoms with Gasteiger partial charge in [0, 0.05) is 33.7 Å². The lowest BCUT2D eigenvalue weighted by molar-refractivity contribution is 0.102. The lowest BCUT2D eigenvalue weighted by Crippen LogP contribution is -2.13. The molecule has 0 saturated heterocycles. The fourth-order valence-electron chi connectivity index (χ4n) is 3.05. The van der Waals surface area contributed by atoms with Crippen molar-refractivity contribution in [2.75, 3.05) is 16.4 Å². The molecule has 8 heteroatoms. The van der Waals surface area contributed by atoms with Crippen molar-refractivity contribution in [1.29, 1.82) is 0 Å². The summed E-state index contributed by atoms with van der Waals surface area (Å²) < 4.78 is 13.2. The summed E-state index contributed by atoms with van der Waals surface area (Å²) in [5, 5.41) is 13.1. The van der Waals surface area contributed by atoms with Gasteiger partial charge >= 0.3 is 0 Å². The summed E-state index contributed by atoms with van der Waals surface area (Å²) in [5.41, 5.74) is 9.88. The summed E-state index contributed by atoms with van der Waals surface area (Å²) in [7, 11) is 0. The third kappa shape index (κ3) is 5.47. The number of aromatic amines is 1. The molecule has 32 heavy (non-hydrogen) atoms. The van der Waals surface area contributed by atoms with E-state index in [0.29, 0.717) is 11.3 Å². The van der Waals surface area contributed by atoms with Crippen molar-refractivity contribution in [3.8, 4) is 0 Å². The van der Waals surface area contributed by atoms with E-state index in [1.165, 1.54) is 18.2 Å². The van der Waals surface area contributed by atoms with E-state index in [2.05, 4.69) is 33.0 Å². The Morgan fingerprint density at radius 1 is 1.09 bits per heavy atom. The van der Waals surface area contributed by atoms with E-state index >= 15 is 0 Å². The van der Waals surface area contributed by atoms with Crippen LogP contribution in [0.2, 0.25) is 0 Å². The van der Waals surface area contributed by atoms with Gasteiger partial charge in [-0.05, 0) is 61.0 Å². The van der Waals surface area contributed by atoms with Gasteiger partial charge < -0.3 is 16.4 Å². The molecule has 0 spiro atoms. The predicted molar refractivity (Wildman–Crippen MR) is 128 cm³/mol. The predicted octanol–water partition coefficient (Wildman–Crippen LogP) is 5.73. The number of H-pyrrole nitrogens is 1. The SMILES string of the molecule is Cc1cc(Nc2cccc(SCc3ccc(C(=O)Nc4ccc(F)cc4N)cc3)c2)n[nH]1. The molecule has 1 aromatic heterocycles. The van der Waals surface area contributed by atoms with Gasteiger partial charge in [0.25, 0.3) is 5.91 Å². The molecule has 4 aromatic rings. The number of thioether (sulfide) groups is 1. The monoisotopic (exact) mass is 447 g/mol. The van der Waals surface area contributed by atoms with Crippen LogP contribution in [0.15, 0.2) is 77.7 Å². The Hall–Kier alpha value is -3.78. The number of rotatable bonds is 7. The second-order valence-electron chi connectivity index (χ2n) is 7.26. The number of aryl methyl sites for hydroxylation is 1. The van der Waals surface area contributed by atoms with Crippen LogP contribution >= 0.6 is 11.8 Å². The number of carbonyl (C=O) groups is 1. The van der Waals surface area contributed by atoms with Gasteiger partial charge in [-0.15, -0.1) is 11.8 Å². The van der Waals surface area contributed by atoms with Crippen molar-refractivity contribution in [3.05, 3.63) is 95.4 Å². The molecule has 4 rings (SSSR count). The number of hydrogen-bond donors (Lipinski definition) is 4. The number of anilines is 4. The zero-order chi connectivity index (χ0) is 22.5. The molecule has 1 amide bonds. The van der Waals surface area contributed by atoms with Crippen LogP contribution in [0.25, 0.3) is 0 Å². The van der Waals surface area contributed by atoms with Crippen LogP contribution in [0.3, 0.4) is 0 Å². The molecule has 0 aliphatic carbocycles. The van der Waals surface area contributed by atoms with Gasteiger partial charge in [0.05, 0.1) is 11.4 Å². The van der Waals surface area contributed by atoms with Gasteiger partial charge in [-0.2, -0.15) is 5.10 Å². The highest BCUT2D eigenvalue weighted by atomic mass is 32.2. The largest absolute Gasteiger partial charge is 0.397 e. The first kappa shape index (κ1) is 21.5. The maximum Gasteiger partial charge on any atom is 0.255 e. The highest BCUT2D eigenvalue weighted by Gasteiger charge is 2.09. The van der Waals surface area contributed by atoms with Crippen molar-refractivity contribution in [1.82, 2.24) is 10.2 Å². The van der Waals surface area contributed by atoms with Crippen LogP contribution in [-0.2, 0) is 5.75 Å². The number of benzene rings is 3. The minimum absolute atomic E-state index is 0.186. The molecule has 0 bridgehead atoms. The Kier molecular flexibility index (Phi) is 6.42. The van der Waals surface area contributed by atoms with Gasteiger partial charge in [0.2, 0.25) is 0 Å². The van der Waals surface area contributed by atoms with Crippen molar-refractivity contribution in [3.63, 3.8) is 0 Å². The quantitative estimate of drug-likeness (QED) is 0.214. The fraction of sp³-hybridized carbons (Fsp3) is 0.0833. The molecule has 5 N–H and O–H groups in total. The third-order valence-electron chi connectivity index (χ3n) is 4.70. The molecule has 3 aromatic carbocycles. The Balaban J connectivity index is 1.34. The van der Waals surface area contributed by atoms with Gasteiger partial charge in [-0.25, -0.2) is 4.39 Å². The van der Waals surface area contributed by atoms with Gasteiger partial charge in [0.15, 0.2) is 5.82 Å². The number of aromatic nitrogens is 2. The molecule has 0 unspecified atom stereocenters. The number of hydrogen-bond acceptors (Lipinski definition) is 5.